The third-order valence-electron chi connectivity index (χ3n) is 4.37. The highest BCUT2D eigenvalue weighted by atomic mass is 35.5. The molecule has 2 rings (SSSR count). The molecule has 0 atom stereocenters. The van der Waals surface area contributed by atoms with Crippen LogP contribution in [-0.4, -0.2) is 28.5 Å². The lowest BCUT2D eigenvalue weighted by atomic mass is 9.85. The lowest BCUT2D eigenvalue weighted by Gasteiger charge is -2.27. The number of esters is 1. The normalized spacial score (nSPS) is 12.3. The van der Waals surface area contributed by atoms with Gasteiger partial charge in [0, 0.05) is 12.1 Å². The Morgan fingerprint density at radius 1 is 1.25 bits per heavy atom. The molecular formula is C19H21ClF4N2O2. The zero-order chi connectivity index (χ0) is 21.3. The number of halogens is 5. The van der Waals surface area contributed by atoms with Gasteiger partial charge in [0.05, 0.1) is 17.7 Å². The maximum atomic E-state index is 14.8. The number of carbonyl (C=O) groups excluding carboxylic acids is 1. The van der Waals surface area contributed by atoms with Gasteiger partial charge < -0.3 is 4.74 Å². The zero-order valence-corrected chi connectivity index (χ0v) is 16.7. The lowest BCUT2D eigenvalue weighted by Crippen LogP contribution is -2.34. The van der Waals surface area contributed by atoms with E-state index in [2.05, 4.69) is 5.10 Å². The molecule has 0 aliphatic rings. The first-order chi connectivity index (χ1) is 12.9. The SMILES string of the molecule is CCOC(=O)c1nn(CC)c(-c2ccc(CC(C)(C)C(F)(F)F)cc2F)c1Cl. The molecule has 9 heteroatoms. The number of carbonyl (C=O) groups is 1. The molecule has 0 aliphatic heterocycles. The summed E-state index contributed by atoms with van der Waals surface area (Å²) in [5, 5.41) is 4.01. The Morgan fingerprint density at radius 3 is 2.39 bits per heavy atom. The lowest BCUT2D eigenvalue weighted by molar-refractivity contribution is -0.211. The molecule has 1 aromatic heterocycles. The van der Waals surface area contributed by atoms with E-state index in [-0.39, 0.29) is 40.6 Å². The molecule has 1 heterocycles. The second-order valence-electron chi connectivity index (χ2n) is 6.92. The minimum atomic E-state index is -4.42. The molecule has 0 amide bonds. The van der Waals surface area contributed by atoms with Gasteiger partial charge in [-0.25, -0.2) is 9.18 Å². The van der Waals surface area contributed by atoms with Crippen molar-refractivity contribution in [1.29, 1.82) is 0 Å². The van der Waals surface area contributed by atoms with Crippen molar-refractivity contribution in [2.45, 2.75) is 46.8 Å². The van der Waals surface area contributed by atoms with E-state index in [0.717, 1.165) is 19.9 Å². The highest BCUT2D eigenvalue weighted by Crippen LogP contribution is 2.41. The molecule has 4 nitrogen and oxygen atoms in total. The molecule has 2 aromatic rings. The van der Waals surface area contributed by atoms with Crippen LogP contribution < -0.4 is 0 Å². The second-order valence-corrected chi connectivity index (χ2v) is 7.30. The van der Waals surface area contributed by atoms with Crippen LogP contribution in [0.1, 0.15) is 43.7 Å². The van der Waals surface area contributed by atoms with Crippen LogP contribution in [0, 0.1) is 11.2 Å². The quantitative estimate of drug-likeness (QED) is 0.446. The Kier molecular flexibility index (Phi) is 6.43. The third-order valence-corrected chi connectivity index (χ3v) is 4.72. The molecule has 154 valence electrons. The average molecular weight is 421 g/mol. The fourth-order valence-corrected chi connectivity index (χ4v) is 3.04. The van der Waals surface area contributed by atoms with E-state index in [4.69, 9.17) is 16.3 Å². The minimum Gasteiger partial charge on any atom is -0.461 e. The van der Waals surface area contributed by atoms with Gasteiger partial charge in [0.1, 0.15) is 10.8 Å². The smallest absolute Gasteiger partial charge is 0.394 e. The molecule has 0 saturated heterocycles. The van der Waals surface area contributed by atoms with Gasteiger partial charge >= 0.3 is 12.1 Å². The average Bonchev–Trinajstić information content (AvgIpc) is 2.90. The number of rotatable bonds is 6. The fourth-order valence-electron chi connectivity index (χ4n) is 2.73. The summed E-state index contributed by atoms with van der Waals surface area (Å²) < 4.78 is 60.3. The van der Waals surface area contributed by atoms with Crippen molar-refractivity contribution in [3.8, 4) is 11.3 Å². The van der Waals surface area contributed by atoms with E-state index in [1.807, 2.05) is 0 Å². The number of alkyl halides is 3. The topological polar surface area (TPSA) is 44.1 Å². The first kappa shape index (κ1) is 22.2. The molecule has 0 saturated carbocycles. The number of ether oxygens (including phenoxy) is 1. The van der Waals surface area contributed by atoms with Gasteiger partial charge in [-0.15, -0.1) is 0 Å². The van der Waals surface area contributed by atoms with Crippen LogP contribution in [0.2, 0.25) is 5.02 Å². The molecule has 1 aromatic carbocycles. The number of nitrogens with zero attached hydrogens (tertiary/aromatic N) is 2. The summed E-state index contributed by atoms with van der Waals surface area (Å²) in [6.07, 6.45) is -4.79. The van der Waals surface area contributed by atoms with Crippen LogP contribution in [0.15, 0.2) is 18.2 Å². The van der Waals surface area contributed by atoms with Gasteiger partial charge in [0.15, 0.2) is 5.69 Å². The molecule has 0 unspecified atom stereocenters. The molecule has 0 spiro atoms. The molecule has 28 heavy (non-hydrogen) atoms. The van der Waals surface area contributed by atoms with Gasteiger partial charge in [-0.1, -0.05) is 31.5 Å². The van der Waals surface area contributed by atoms with Crippen LogP contribution in [0.4, 0.5) is 17.6 Å². The number of aryl methyl sites for hydroxylation is 1. The minimum absolute atomic E-state index is 0.0449. The number of aromatic nitrogens is 2. The van der Waals surface area contributed by atoms with Crippen molar-refractivity contribution in [1.82, 2.24) is 9.78 Å². The Bertz CT molecular complexity index is 876. The van der Waals surface area contributed by atoms with E-state index >= 15 is 0 Å². The van der Waals surface area contributed by atoms with Crippen molar-refractivity contribution in [3.05, 3.63) is 40.3 Å². The summed E-state index contributed by atoms with van der Waals surface area (Å²) in [7, 11) is 0. The summed E-state index contributed by atoms with van der Waals surface area (Å²) in [6.45, 7) is 5.92. The van der Waals surface area contributed by atoms with E-state index in [1.165, 1.54) is 16.8 Å². The summed E-state index contributed by atoms with van der Waals surface area (Å²) in [5.74, 6) is -1.48. The predicted octanol–water partition coefficient (Wildman–Crippen LogP) is 5.67. The van der Waals surface area contributed by atoms with Crippen molar-refractivity contribution in [3.63, 3.8) is 0 Å². The fraction of sp³-hybridized carbons (Fsp3) is 0.474. The van der Waals surface area contributed by atoms with Gasteiger partial charge in [0.25, 0.3) is 0 Å². The third kappa shape index (κ3) is 4.32. The first-order valence-electron chi connectivity index (χ1n) is 8.71. The van der Waals surface area contributed by atoms with Gasteiger partial charge in [-0.2, -0.15) is 18.3 Å². The van der Waals surface area contributed by atoms with Gasteiger partial charge in [-0.3, -0.25) is 4.68 Å². The summed E-state index contributed by atoms with van der Waals surface area (Å²) >= 11 is 6.25. The van der Waals surface area contributed by atoms with Crippen molar-refractivity contribution >= 4 is 17.6 Å². The highest BCUT2D eigenvalue weighted by molar-refractivity contribution is 6.35. The first-order valence-corrected chi connectivity index (χ1v) is 9.09. The maximum Gasteiger partial charge on any atom is 0.394 e. The molecule has 0 fully saturated rings. The van der Waals surface area contributed by atoms with Crippen molar-refractivity contribution in [2.75, 3.05) is 6.61 Å². The van der Waals surface area contributed by atoms with E-state index < -0.39 is 23.4 Å². The molecular weight excluding hydrogens is 400 g/mol. The largest absolute Gasteiger partial charge is 0.461 e. The molecule has 0 bridgehead atoms. The molecule has 0 N–H and O–H groups in total. The Morgan fingerprint density at radius 2 is 1.89 bits per heavy atom. The zero-order valence-electron chi connectivity index (χ0n) is 16.0. The Hall–Kier alpha value is -2.09. The monoisotopic (exact) mass is 420 g/mol. The van der Waals surface area contributed by atoms with Crippen LogP contribution >= 0.6 is 11.6 Å². The number of hydrogen-bond acceptors (Lipinski definition) is 3. The Labute approximate surface area is 165 Å². The van der Waals surface area contributed by atoms with Gasteiger partial charge in [0.2, 0.25) is 0 Å². The van der Waals surface area contributed by atoms with Crippen molar-refractivity contribution in [2.24, 2.45) is 5.41 Å². The molecule has 0 radical (unpaired) electrons. The number of benzene rings is 1. The van der Waals surface area contributed by atoms with Crippen LogP contribution in [0.25, 0.3) is 11.3 Å². The van der Waals surface area contributed by atoms with Crippen LogP contribution in [0.3, 0.4) is 0 Å². The summed E-state index contributed by atoms with van der Waals surface area (Å²) in [6, 6.07) is 3.82. The maximum absolute atomic E-state index is 14.8. The van der Waals surface area contributed by atoms with E-state index in [0.29, 0.717) is 6.54 Å². The second kappa shape index (κ2) is 8.11. The highest BCUT2D eigenvalue weighted by Gasteiger charge is 2.47. The van der Waals surface area contributed by atoms with Crippen LogP contribution in [-0.2, 0) is 17.7 Å². The Balaban J connectivity index is 2.46. The molecule has 0 aliphatic carbocycles. The van der Waals surface area contributed by atoms with Gasteiger partial charge in [-0.05, 0) is 38.0 Å². The predicted molar refractivity (Wildman–Crippen MR) is 97.8 cm³/mol. The van der Waals surface area contributed by atoms with Crippen molar-refractivity contribution < 1.29 is 27.1 Å². The summed E-state index contributed by atoms with van der Waals surface area (Å²) in [5.41, 5.74) is -1.72. The number of hydrogen-bond donors (Lipinski definition) is 0. The van der Waals surface area contributed by atoms with E-state index in [1.54, 1.807) is 13.8 Å². The van der Waals surface area contributed by atoms with Crippen LogP contribution in [0.5, 0.6) is 0 Å². The van der Waals surface area contributed by atoms with E-state index in [9.17, 15) is 22.4 Å². The standard InChI is InChI=1S/C19H21ClF4N2O2/c1-5-26-16(14(20)15(25-26)17(27)28-6-2)12-8-7-11(9-13(12)21)10-18(3,4)19(22,23)24/h7-9H,5-6,10H2,1-4H3. The summed E-state index contributed by atoms with van der Waals surface area (Å²) in [4.78, 5) is 12.0.